The predicted molar refractivity (Wildman–Crippen MR) is 110 cm³/mol. The van der Waals surface area contributed by atoms with Gasteiger partial charge in [0.25, 0.3) is 5.91 Å². The van der Waals surface area contributed by atoms with Crippen molar-refractivity contribution in [2.24, 2.45) is 0 Å². The minimum absolute atomic E-state index is 0.0879. The number of aryl methyl sites for hydroxylation is 2. The van der Waals surface area contributed by atoms with Crippen LogP contribution < -0.4 is 5.32 Å². The van der Waals surface area contributed by atoms with Gasteiger partial charge in [0.15, 0.2) is 0 Å². The van der Waals surface area contributed by atoms with Gasteiger partial charge in [-0.25, -0.2) is 0 Å². The van der Waals surface area contributed by atoms with Crippen molar-refractivity contribution < 1.29 is 4.79 Å². The van der Waals surface area contributed by atoms with E-state index in [0.717, 1.165) is 35.0 Å². The molecule has 4 rings (SSSR count). The molecule has 0 unspecified atom stereocenters. The molecule has 0 radical (unpaired) electrons. The summed E-state index contributed by atoms with van der Waals surface area (Å²) in [7, 11) is 0. The normalized spacial score (nSPS) is 10.7. The Labute approximate surface area is 158 Å². The van der Waals surface area contributed by atoms with Gasteiger partial charge < -0.3 is 5.32 Å². The summed E-state index contributed by atoms with van der Waals surface area (Å²) in [6.45, 7) is 0. The van der Waals surface area contributed by atoms with E-state index in [0.29, 0.717) is 5.56 Å². The summed E-state index contributed by atoms with van der Waals surface area (Å²) < 4.78 is 0. The molecule has 132 valence electrons. The molecule has 0 saturated heterocycles. The van der Waals surface area contributed by atoms with Gasteiger partial charge in [-0.3, -0.25) is 9.78 Å². The summed E-state index contributed by atoms with van der Waals surface area (Å²) in [5, 5.41) is 4.00. The molecule has 1 heterocycles. The maximum absolute atomic E-state index is 13.0. The summed E-state index contributed by atoms with van der Waals surface area (Å²) >= 11 is 0. The fourth-order valence-corrected chi connectivity index (χ4v) is 3.29. The van der Waals surface area contributed by atoms with Crippen molar-refractivity contribution in [1.82, 2.24) is 4.98 Å². The van der Waals surface area contributed by atoms with E-state index in [1.54, 1.807) is 6.20 Å². The van der Waals surface area contributed by atoms with Gasteiger partial charge in [-0.15, -0.1) is 0 Å². The third-order valence-electron chi connectivity index (χ3n) is 4.68. The molecule has 0 aliphatic heterocycles. The minimum Gasteiger partial charge on any atom is -0.321 e. The third kappa shape index (κ3) is 3.87. The molecular formula is C24H20N2O. The number of pyridine rings is 1. The number of anilines is 1. The van der Waals surface area contributed by atoms with Crippen LogP contribution in [0.25, 0.3) is 10.9 Å². The maximum atomic E-state index is 13.0. The molecule has 1 aromatic heterocycles. The van der Waals surface area contributed by atoms with Gasteiger partial charge in [-0.2, -0.15) is 0 Å². The number of carbonyl (C=O) groups is 1. The van der Waals surface area contributed by atoms with E-state index >= 15 is 0 Å². The molecule has 0 spiro atoms. The first-order chi connectivity index (χ1) is 13.3. The molecule has 3 heteroatoms. The minimum atomic E-state index is -0.0879. The van der Waals surface area contributed by atoms with Crippen LogP contribution in [0.1, 0.15) is 21.5 Å². The van der Waals surface area contributed by atoms with Gasteiger partial charge in [-0.05, 0) is 54.3 Å². The molecule has 1 amide bonds. The van der Waals surface area contributed by atoms with Gasteiger partial charge in [0, 0.05) is 17.1 Å². The van der Waals surface area contributed by atoms with Crippen LogP contribution in [0.15, 0.2) is 91.1 Å². The van der Waals surface area contributed by atoms with Crippen molar-refractivity contribution in [2.75, 3.05) is 5.32 Å². The highest BCUT2D eigenvalue weighted by Gasteiger charge is 2.12. The molecule has 0 atom stereocenters. The fraction of sp³-hybridized carbons (Fsp3) is 0.0833. The smallest absolute Gasteiger partial charge is 0.255 e. The SMILES string of the molecule is O=C(Nc1cccc2ncccc12)c1ccccc1CCc1ccccc1. The number of benzene rings is 3. The number of nitrogens with one attached hydrogen (secondary N) is 1. The zero-order chi connectivity index (χ0) is 18.5. The lowest BCUT2D eigenvalue weighted by molar-refractivity contribution is 0.102. The van der Waals surface area contributed by atoms with Crippen LogP contribution in [-0.4, -0.2) is 10.9 Å². The lowest BCUT2D eigenvalue weighted by Crippen LogP contribution is -2.15. The van der Waals surface area contributed by atoms with Gasteiger partial charge in [0.1, 0.15) is 0 Å². The Hall–Kier alpha value is -3.46. The van der Waals surface area contributed by atoms with Crippen LogP contribution in [0.4, 0.5) is 5.69 Å². The number of rotatable bonds is 5. The van der Waals surface area contributed by atoms with E-state index in [1.165, 1.54) is 5.56 Å². The van der Waals surface area contributed by atoms with E-state index in [2.05, 4.69) is 22.4 Å². The first-order valence-corrected chi connectivity index (χ1v) is 9.08. The molecule has 27 heavy (non-hydrogen) atoms. The van der Waals surface area contributed by atoms with Crippen LogP contribution in [0.2, 0.25) is 0 Å². The molecule has 3 nitrogen and oxygen atoms in total. The van der Waals surface area contributed by atoms with E-state index in [-0.39, 0.29) is 5.91 Å². The number of hydrogen-bond acceptors (Lipinski definition) is 2. The summed E-state index contributed by atoms with van der Waals surface area (Å²) in [6.07, 6.45) is 3.49. The lowest BCUT2D eigenvalue weighted by atomic mass is 9.99. The Morgan fingerprint density at radius 1 is 0.778 bits per heavy atom. The topological polar surface area (TPSA) is 42.0 Å². The zero-order valence-electron chi connectivity index (χ0n) is 14.9. The third-order valence-corrected chi connectivity index (χ3v) is 4.68. The Kier molecular flexibility index (Phi) is 4.93. The van der Waals surface area contributed by atoms with Crippen LogP contribution in [0.5, 0.6) is 0 Å². The van der Waals surface area contributed by atoms with Crippen LogP contribution in [0.3, 0.4) is 0 Å². The van der Waals surface area contributed by atoms with E-state index in [4.69, 9.17) is 0 Å². The molecule has 0 aliphatic rings. The molecule has 3 aromatic carbocycles. The average Bonchev–Trinajstić information content (AvgIpc) is 2.73. The number of carbonyl (C=O) groups excluding carboxylic acids is 1. The highest BCUT2D eigenvalue weighted by molar-refractivity contribution is 6.09. The van der Waals surface area contributed by atoms with Crippen molar-refractivity contribution in [3.63, 3.8) is 0 Å². The van der Waals surface area contributed by atoms with Crippen molar-refractivity contribution in [3.8, 4) is 0 Å². The van der Waals surface area contributed by atoms with Crippen molar-refractivity contribution >= 4 is 22.5 Å². The Morgan fingerprint density at radius 3 is 2.48 bits per heavy atom. The quantitative estimate of drug-likeness (QED) is 0.531. The monoisotopic (exact) mass is 352 g/mol. The van der Waals surface area contributed by atoms with E-state index in [1.807, 2.05) is 72.8 Å². The molecular weight excluding hydrogens is 332 g/mol. The number of nitrogens with zero attached hydrogens (tertiary/aromatic N) is 1. The predicted octanol–water partition coefficient (Wildman–Crippen LogP) is 5.27. The van der Waals surface area contributed by atoms with E-state index in [9.17, 15) is 4.79 Å². The summed E-state index contributed by atoms with van der Waals surface area (Å²) in [5.74, 6) is -0.0879. The van der Waals surface area contributed by atoms with Crippen molar-refractivity contribution in [2.45, 2.75) is 12.8 Å². The summed E-state index contributed by atoms with van der Waals surface area (Å²) in [6, 6.07) is 27.8. The van der Waals surface area contributed by atoms with Crippen molar-refractivity contribution in [3.05, 3.63) is 108 Å². The van der Waals surface area contributed by atoms with Gasteiger partial charge >= 0.3 is 0 Å². The molecule has 0 saturated carbocycles. The second kappa shape index (κ2) is 7.83. The van der Waals surface area contributed by atoms with Crippen molar-refractivity contribution in [1.29, 1.82) is 0 Å². The first-order valence-electron chi connectivity index (χ1n) is 9.08. The largest absolute Gasteiger partial charge is 0.321 e. The number of fused-ring (bicyclic) bond motifs is 1. The second-order valence-corrected chi connectivity index (χ2v) is 6.47. The van der Waals surface area contributed by atoms with Crippen LogP contribution in [0, 0.1) is 0 Å². The second-order valence-electron chi connectivity index (χ2n) is 6.47. The average molecular weight is 352 g/mol. The van der Waals surface area contributed by atoms with E-state index < -0.39 is 0 Å². The Morgan fingerprint density at radius 2 is 1.59 bits per heavy atom. The zero-order valence-corrected chi connectivity index (χ0v) is 14.9. The molecule has 0 aliphatic carbocycles. The summed E-state index contributed by atoms with van der Waals surface area (Å²) in [5.41, 5.74) is 4.69. The number of aromatic nitrogens is 1. The number of hydrogen-bond donors (Lipinski definition) is 1. The molecule has 0 fully saturated rings. The molecule has 4 aromatic rings. The Balaban J connectivity index is 1.57. The molecule has 0 bridgehead atoms. The van der Waals surface area contributed by atoms with Gasteiger partial charge in [0.05, 0.1) is 11.2 Å². The fourth-order valence-electron chi connectivity index (χ4n) is 3.29. The van der Waals surface area contributed by atoms with Gasteiger partial charge in [-0.1, -0.05) is 54.6 Å². The maximum Gasteiger partial charge on any atom is 0.255 e. The molecule has 1 N–H and O–H groups in total. The van der Waals surface area contributed by atoms with Gasteiger partial charge in [0.2, 0.25) is 0 Å². The first kappa shape index (κ1) is 17.0. The number of amides is 1. The summed E-state index contributed by atoms with van der Waals surface area (Å²) in [4.78, 5) is 17.3. The lowest BCUT2D eigenvalue weighted by Gasteiger charge is -2.12. The standard InChI is InChI=1S/C24H20N2O/c27-24(26-23-14-6-13-22-21(23)12-7-17-25-22)20-11-5-4-10-19(20)16-15-18-8-2-1-3-9-18/h1-14,17H,15-16H2,(H,26,27). The highest BCUT2D eigenvalue weighted by Crippen LogP contribution is 2.23. The highest BCUT2D eigenvalue weighted by atomic mass is 16.1. The van der Waals surface area contributed by atoms with Crippen LogP contribution in [-0.2, 0) is 12.8 Å². The Bertz CT molecular complexity index is 1070. The van der Waals surface area contributed by atoms with Crippen LogP contribution >= 0.6 is 0 Å².